The first-order chi connectivity index (χ1) is 19.6. The quantitative estimate of drug-likeness (QED) is 0.352. The smallest absolute Gasteiger partial charge is 0.309 e. The predicted octanol–water partition coefficient (Wildman–Crippen LogP) is 7.23. The van der Waals surface area contributed by atoms with Crippen molar-refractivity contribution in [1.29, 1.82) is 0 Å². The third-order valence-corrected chi connectivity index (χ3v) is 16.0. The average Bonchev–Trinajstić information content (AvgIpc) is 3.05. The van der Waals surface area contributed by atoms with Crippen LogP contribution >= 0.6 is 0 Å². The SMILES string of the molecule is CC1C2(O)CC(O)C3C4(C)CCC5(C)C6CC(C)(C(=O)O)CCC6(C)CCC5(C)C4CCC13C(Cc1ccccc1)O2. The number of carboxylic acid groups (broad SMARTS) is 1. The third-order valence-electron chi connectivity index (χ3n) is 16.0. The van der Waals surface area contributed by atoms with Crippen LogP contribution in [0.1, 0.15) is 111 Å². The van der Waals surface area contributed by atoms with E-state index in [1.54, 1.807) is 0 Å². The van der Waals surface area contributed by atoms with Crippen LogP contribution in [-0.2, 0) is 16.0 Å². The summed E-state index contributed by atoms with van der Waals surface area (Å²) in [7, 11) is 0. The molecule has 0 aromatic heterocycles. The molecule has 1 heterocycles. The minimum Gasteiger partial charge on any atom is -0.481 e. The van der Waals surface area contributed by atoms with Gasteiger partial charge in [0.2, 0.25) is 0 Å². The van der Waals surface area contributed by atoms with Crippen molar-refractivity contribution in [3.05, 3.63) is 35.9 Å². The lowest BCUT2D eigenvalue weighted by Crippen LogP contribution is -2.71. The van der Waals surface area contributed by atoms with Crippen molar-refractivity contribution >= 4 is 5.97 Å². The number of hydrogen-bond acceptors (Lipinski definition) is 4. The van der Waals surface area contributed by atoms with Crippen LogP contribution in [0.5, 0.6) is 0 Å². The highest BCUT2D eigenvalue weighted by Gasteiger charge is 2.77. The molecule has 5 saturated carbocycles. The van der Waals surface area contributed by atoms with E-state index in [1.807, 2.05) is 13.0 Å². The maximum Gasteiger partial charge on any atom is 0.309 e. The molecule has 1 saturated heterocycles. The molecule has 6 fully saturated rings. The highest BCUT2D eigenvalue weighted by Crippen LogP contribution is 2.80. The molecule has 13 unspecified atom stereocenters. The molecule has 1 spiro atoms. The molecule has 0 radical (unpaired) electrons. The van der Waals surface area contributed by atoms with E-state index in [0.717, 1.165) is 51.4 Å². The number of aliphatic hydroxyl groups excluding tert-OH is 1. The van der Waals surface area contributed by atoms with Gasteiger partial charge in [-0.05, 0) is 116 Å². The number of fused-ring (bicyclic) bond motifs is 7. The molecule has 42 heavy (non-hydrogen) atoms. The Balaban J connectivity index is 1.29. The van der Waals surface area contributed by atoms with E-state index in [0.29, 0.717) is 18.3 Å². The van der Waals surface area contributed by atoms with E-state index in [4.69, 9.17) is 4.74 Å². The van der Waals surface area contributed by atoms with E-state index in [2.05, 4.69) is 58.9 Å². The molecule has 13 atom stereocenters. The maximum atomic E-state index is 12.5. The Kier molecular flexibility index (Phi) is 6.17. The number of hydrogen-bond donors (Lipinski definition) is 3. The van der Waals surface area contributed by atoms with E-state index in [-0.39, 0.29) is 45.0 Å². The van der Waals surface area contributed by atoms with E-state index in [9.17, 15) is 20.1 Å². The van der Waals surface area contributed by atoms with Crippen molar-refractivity contribution in [3.63, 3.8) is 0 Å². The van der Waals surface area contributed by atoms with Gasteiger partial charge in [0, 0.05) is 17.8 Å². The third kappa shape index (κ3) is 3.45. The van der Waals surface area contributed by atoms with Gasteiger partial charge in [0.05, 0.1) is 17.6 Å². The molecular formula is C37H54O5. The van der Waals surface area contributed by atoms with Crippen LogP contribution in [0.25, 0.3) is 0 Å². The van der Waals surface area contributed by atoms with Gasteiger partial charge in [0.25, 0.3) is 0 Å². The molecule has 5 nitrogen and oxygen atoms in total. The fraction of sp³-hybridized carbons (Fsp3) is 0.811. The minimum atomic E-state index is -1.28. The highest BCUT2D eigenvalue weighted by molar-refractivity contribution is 5.74. The second-order valence-electron chi connectivity index (χ2n) is 17.4. The summed E-state index contributed by atoms with van der Waals surface area (Å²) >= 11 is 0. The van der Waals surface area contributed by atoms with Crippen LogP contribution in [0.4, 0.5) is 0 Å². The number of carbonyl (C=O) groups is 1. The van der Waals surface area contributed by atoms with Crippen molar-refractivity contribution in [2.75, 3.05) is 0 Å². The van der Waals surface area contributed by atoms with Crippen molar-refractivity contribution in [2.24, 2.45) is 56.2 Å². The van der Waals surface area contributed by atoms with Crippen LogP contribution in [0.15, 0.2) is 30.3 Å². The van der Waals surface area contributed by atoms with Crippen LogP contribution in [0.3, 0.4) is 0 Å². The molecule has 0 amide bonds. The zero-order valence-electron chi connectivity index (χ0n) is 26.8. The van der Waals surface area contributed by atoms with Crippen molar-refractivity contribution < 1.29 is 24.9 Å². The standard InChI is InChI=1S/C37H54O5/c1-23-36-13-12-26-33(4,29(36)25(38)21-37(23,41)42-28(36)20-24-10-8-7-9-11-24)17-19-35(6)27-22-32(3,30(39)40)15-14-31(27,2)16-18-34(26,35)5/h7-11,23,25-29,38,41H,12-22H2,1-6H3,(H,39,40). The fourth-order valence-electron chi connectivity index (χ4n) is 13.4. The van der Waals surface area contributed by atoms with E-state index < -0.39 is 23.3 Å². The Morgan fingerprint density at radius 1 is 0.881 bits per heavy atom. The van der Waals surface area contributed by atoms with Crippen LogP contribution in [0, 0.1) is 56.2 Å². The summed E-state index contributed by atoms with van der Waals surface area (Å²) in [6, 6.07) is 10.5. The second-order valence-corrected chi connectivity index (χ2v) is 17.4. The van der Waals surface area contributed by atoms with Crippen LogP contribution < -0.4 is 0 Å². The van der Waals surface area contributed by atoms with Gasteiger partial charge < -0.3 is 20.1 Å². The van der Waals surface area contributed by atoms with E-state index in [1.165, 1.54) is 18.4 Å². The fourth-order valence-corrected chi connectivity index (χ4v) is 13.4. The molecule has 1 aromatic carbocycles. The Labute approximate surface area is 252 Å². The first-order valence-corrected chi connectivity index (χ1v) is 16.9. The molecule has 5 aliphatic carbocycles. The number of aliphatic carboxylic acids is 1. The number of rotatable bonds is 3. The lowest BCUT2D eigenvalue weighted by atomic mass is 9.29. The van der Waals surface area contributed by atoms with Gasteiger partial charge >= 0.3 is 5.97 Å². The van der Waals surface area contributed by atoms with Crippen molar-refractivity contribution in [1.82, 2.24) is 0 Å². The van der Waals surface area contributed by atoms with Gasteiger partial charge in [-0.2, -0.15) is 0 Å². The minimum absolute atomic E-state index is 0.0322. The monoisotopic (exact) mass is 578 g/mol. The summed E-state index contributed by atoms with van der Waals surface area (Å²) in [5.74, 6) is -1.02. The Morgan fingerprint density at radius 3 is 2.21 bits per heavy atom. The molecule has 5 heteroatoms. The van der Waals surface area contributed by atoms with Crippen molar-refractivity contribution in [3.8, 4) is 0 Å². The summed E-state index contributed by atoms with van der Waals surface area (Å²) in [4.78, 5) is 12.5. The molecule has 232 valence electrons. The summed E-state index contributed by atoms with van der Waals surface area (Å²) in [6.45, 7) is 14.2. The van der Waals surface area contributed by atoms with Gasteiger partial charge in [0.15, 0.2) is 5.79 Å². The van der Waals surface area contributed by atoms with Crippen LogP contribution in [0.2, 0.25) is 0 Å². The summed E-state index contributed by atoms with van der Waals surface area (Å²) < 4.78 is 6.67. The topological polar surface area (TPSA) is 87.0 Å². The molecule has 3 N–H and O–H groups in total. The van der Waals surface area contributed by atoms with Gasteiger partial charge in [-0.3, -0.25) is 4.79 Å². The average molecular weight is 579 g/mol. The zero-order valence-corrected chi connectivity index (χ0v) is 26.8. The Hall–Kier alpha value is -1.43. The number of benzene rings is 1. The summed E-state index contributed by atoms with van der Waals surface area (Å²) in [5.41, 5.74) is 0.586. The maximum absolute atomic E-state index is 12.5. The van der Waals surface area contributed by atoms with Gasteiger partial charge in [-0.1, -0.05) is 65.0 Å². The highest BCUT2D eigenvalue weighted by atomic mass is 16.6. The zero-order chi connectivity index (χ0) is 30.1. The van der Waals surface area contributed by atoms with Crippen LogP contribution in [-0.4, -0.2) is 39.3 Å². The van der Waals surface area contributed by atoms with E-state index >= 15 is 0 Å². The van der Waals surface area contributed by atoms with Crippen molar-refractivity contribution in [2.45, 2.75) is 130 Å². The van der Waals surface area contributed by atoms with Gasteiger partial charge in [-0.15, -0.1) is 0 Å². The number of carboxylic acids is 1. The predicted molar refractivity (Wildman–Crippen MR) is 162 cm³/mol. The molecule has 1 aromatic rings. The lowest BCUT2D eigenvalue weighted by Gasteiger charge is -2.75. The molecule has 1 aliphatic heterocycles. The Morgan fingerprint density at radius 2 is 1.52 bits per heavy atom. The normalized spacial score (nSPS) is 56.5. The number of aliphatic hydroxyl groups is 2. The summed E-state index contributed by atoms with van der Waals surface area (Å²) in [6.07, 6.45) is 9.44. The molecule has 2 bridgehead atoms. The summed E-state index contributed by atoms with van der Waals surface area (Å²) in [5, 5.41) is 34.2. The first kappa shape index (κ1) is 29.3. The lowest BCUT2D eigenvalue weighted by molar-refractivity contribution is -0.286. The molecular weight excluding hydrogens is 524 g/mol. The largest absolute Gasteiger partial charge is 0.481 e. The Bertz CT molecular complexity index is 1270. The second kappa shape index (κ2) is 8.85. The molecule has 7 rings (SSSR count). The van der Waals surface area contributed by atoms with Gasteiger partial charge in [0.1, 0.15) is 0 Å². The first-order valence-electron chi connectivity index (χ1n) is 16.9. The molecule has 6 aliphatic rings. The van der Waals surface area contributed by atoms with Gasteiger partial charge in [-0.25, -0.2) is 0 Å². The number of ether oxygens (including phenoxy) is 1.